The van der Waals surface area contributed by atoms with Crippen molar-refractivity contribution >= 4 is 5.91 Å². The average Bonchev–Trinajstić information content (AvgIpc) is 3.05. The van der Waals surface area contributed by atoms with Gasteiger partial charge in [-0.3, -0.25) is 4.79 Å². The molecule has 0 aliphatic heterocycles. The topological polar surface area (TPSA) is 41.1 Å². The highest BCUT2D eigenvalue weighted by molar-refractivity contribution is 5.81. The molecule has 2 fully saturated rings. The standard InChI is InChI=1S/C14H26N2O/c1-4-11-5-8-13(9(11)2)15-10(3)14(17)16-12-6-7-12/h9-13,15H,4-8H2,1-3H3,(H,16,17). The fraction of sp³-hybridized carbons (Fsp3) is 0.929. The Morgan fingerprint density at radius 1 is 1.29 bits per heavy atom. The van der Waals surface area contributed by atoms with Crippen LogP contribution in [0.5, 0.6) is 0 Å². The van der Waals surface area contributed by atoms with Crippen molar-refractivity contribution in [2.75, 3.05) is 0 Å². The molecule has 2 saturated carbocycles. The molecule has 17 heavy (non-hydrogen) atoms. The number of nitrogens with one attached hydrogen (secondary N) is 2. The summed E-state index contributed by atoms with van der Waals surface area (Å²) in [5.41, 5.74) is 0. The normalized spacial score (nSPS) is 34.6. The minimum atomic E-state index is -0.0429. The van der Waals surface area contributed by atoms with Crippen LogP contribution in [0.4, 0.5) is 0 Å². The molecule has 0 radical (unpaired) electrons. The molecule has 2 N–H and O–H groups in total. The molecule has 2 aliphatic carbocycles. The Hall–Kier alpha value is -0.570. The lowest BCUT2D eigenvalue weighted by atomic mass is 9.93. The summed E-state index contributed by atoms with van der Waals surface area (Å²) in [6, 6.07) is 0.953. The van der Waals surface area contributed by atoms with E-state index in [0.29, 0.717) is 18.0 Å². The molecule has 0 saturated heterocycles. The minimum absolute atomic E-state index is 0.0429. The van der Waals surface area contributed by atoms with Crippen molar-refractivity contribution in [3.63, 3.8) is 0 Å². The van der Waals surface area contributed by atoms with Crippen LogP contribution < -0.4 is 10.6 Å². The van der Waals surface area contributed by atoms with Crippen molar-refractivity contribution in [1.82, 2.24) is 10.6 Å². The number of hydrogen-bond acceptors (Lipinski definition) is 2. The molecule has 3 heteroatoms. The number of rotatable bonds is 5. The summed E-state index contributed by atoms with van der Waals surface area (Å²) in [5.74, 6) is 1.72. The van der Waals surface area contributed by atoms with E-state index in [9.17, 15) is 4.79 Å². The van der Waals surface area contributed by atoms with Gasteiger partial charge >= 0.3 is 0 Å². The van der Waals surface area contributed by atoms with Crippen LogP contribution in [-0.4, -0.2) is 24.0 Å². The van der Waals surface area contributed by atoms with E-state index in [1.165, 1.54) is 19.3 Å². The van der Waals surface area contributed by atoms with E-state index in [1.54, 1.807) is 0 Å². The number of carbonyl (C=O) groups is 1. The molecular formula is C14H26N2O. The zero-order valence-electron chi connectivity index (χ0n) is 11.3. The summed E-state index contributed by atoms with van der Waals surface area (Å²) in [7, 11) is 0. The lowest BCUT2D eigenvalue weighted by Gasteiger charge is -2.24. The van der Waals surface area contributed by atoms with Crippen LogP contribution in [0, 0.1) is 11.8 Å². The summed E-state index contributed by atoms with van der Waals surface area (Å²) < 4.78 is 0. The zero-order chi connectivity index (χ0) is 12.4. The second-order valence-electron chi connectivity index (χ2n) is 5.88. The van der Waals surface area contributed by atoms with Gasteiger partial charge in [0.2, 0.25) is 5.91 Å². The lowest BCUT2D eigenvalue weighted by Crippen LogP contribution is -2.48. The summed E-state index contributed by atoms with van der Waals surface area (Å²) >= 11 is 0. The second-order valence-corrected chi connectivity index (χ2v) is 5.88. The van der Waals surface area contributed by atoms with Gasteiger partial charge in [-0.1, -0.05) is 20.3 Å². The maximum atomic E-state index is 11.9. The summed E-state index contributed by atoms with van der Waals surface area (Å²) in [4.78, 5) is 11.9. The third-order valence-corrected chi connectivity index (χ3v) is 4.53. The Labute approximate surface area is 105 Å². The highest BCUT2D eigenvalue weighted by atomic mass is 16.2. The molecule has 2 rings (SSSR count). The molecule has 4 atom stereocenters. The largest absolute Gasteiger partial charge is 0.352 e. The Morgan fingerprint density at radius 3 is 2.53 bits per heavy atom. The first-order chi connectivity index (χ1) is 8.11. The van der Waals surface area contributed by atoms with Gasteiger partial charge in [-0.15, -0.1) is 0 Å². The molecule has 0 heterocycles. The van der Waals surface area contributed by atoms with Gasteiger partial charge in [0.05, 0.1) is 6.04 Å². The number of amides is 1. The molecule has 98 valence electrons. The summed E-state index contributed by atoms with van der Waals surface area (Å²) in [6.45, 7) is 6.58. The predicted molar refractivity (Wildman–Crippen MR) is 69.7 cm³/mol. The van der Waals surface area contributed by atoms with Gasteiger partial charge in [0.15, 0.2) is 0 Å². The third kappa shape index (κ3) is 3.21. The average molecular weight is 238 g/mol. The monoisotopic (exact) mass is 238 g/mol. The second kappa shape index (κ2) is 5.38. The summed E-state index contributed by atoms with van der Waals surface area (Å²) in [6.07, 6.45) is 6.13. The van der Waals surface area contributed by atoms with E-state index >= 15 is 0 Å². The first-order valence-corrected chi connectivity index (χ1v) is 7.18. The van der Waals surface area contributed by atoms with Crippen molar-refractivity contribution in [3.05, 3.63) is 0 Å². The van der Waals surface area contributed by atoms with E-state index < -0.39 is 0 Å². The van der Waals surface area contributed by atoms with Gasteiger partial charge in [0.1, 0.15) is 0 Å². The maximum Gasteiger partial charge on any atom is 0.237 e. The smallest absolute Gasteiger partial charge is 0.237 e. The quantitative estimate of drug-likeness (QED) is 0.770. The molecule has 2 aliphatic rings. The Bertz CT molecular complexity index is 275. The van der Waals surface area contributed by atoms with Crippen LogP contribution in [0.3, 0.4) is 0 Å². The highest BCUT2D eigenvalue weighted by Gasteiger charge is 2.33. The third-order valence-electron chi connectivity index (χ3n) is 4.53. The van der Waals surface area contributed by atoms with Crippen molar-refractivity contribution in [2.24, 2.45) is 11.8 Å². The zero-order valence-corrected chi connectivity index (χ0v) is 11.3. The SMILES string of the molecule is CCC1CCC(NC(C)C(=O)NC2CC2)C1C. The molecule has 3 nitrogen and oxygen atoms in total. The molecule has 0 spiro atoms. The maximum absolute atomic E-state index is 11.9. The van der Waals surface area contributed by atoms with Crippen molar-refractivity contribution in [3.8, 4) is 0 Å². The van der Waals surface area contributed by atoms with Gasteiger partial charge in [-0.25, -0.2) is 0 Å². The Kier molecular flexibility index (Phi) is 4.08. The van der Waals surface area contributed by atoms with Gasteiger partial charge in [-0.05, 0) is 44.4 Å². The van der Waals surface area contributed by atoms with E-state index in [4.69, 9.17) is 0 Å². The van der Waals surface area contributed by atoms with Crippen LogP contribution in [0.15, 0.2) is 0 Å². The van der Waals surface area contributed by atoms with Crippen molar-refractivity contribution in [1.29, 1.82) is 0 Å². The molecule has 0 aromatic carbocycles. The molecule has 0 aromatic rings. The molecule has 0 bridgehead atoms. The molecule has 1 amide bonds. The molecular weight excluding hydrogens is 212 g/mol. The Morgan fingerprint density at radius 2 is 2.00 bits per heavy atom. The lowest BCUT2D eigenvalue weighted by molar-refractivity contribution is -0.123. The van der Waals surface area contributed by atoms with E-state index in [0.717, 1.165) is 18.8 Å². The predicted octanol–water partition coefficient (Wildman–Crippen LogP) is 2.07. The van der Waals surface area contributed by atoms with Crippen molar-refractivity contribution < 1.29 is 4.79 Å². The van der Waals surface area contributed by atoms with Gasteiger partial charge in [-0.2, -0.15) is 0 Å². The minimum Gasteiger partial charge on any atom is -0.352 e. The van der Waals surface area contributed by atoms with Gasteiger partial charge < -0.3 is 10.6 Å². The number of hydrogen-bond donors (Lipinski definition) is 2. The van der Waals surface area contributed by atoms with Crippen molar-refractivity contribution in [2.45, 2.75) is 71.0 Å². The van der Waals surface area contributed by atoms with E-state index in [2.05, 4.69) is 24.5 Å². The molecule has 4 unspecified atom stereocenters. The van der Waals surface area contributed by atoms with Gasteiger partial charge in [0, 0.05) is 12.1 Å². The van der Waals surface area contributed by atoms with Crippen LogP contribution in [0.25, 0.3) is 0 Å². The van der Waals surface area contributed by atoms with Crippen LogP contribution in [0.1, 0.15) is 52.9 Å². The van der Waals surface area contributed by atoms with E-state index in [1.807, 2.05) is 6.92 Å². The van der Waals surface area contributed by atoms with Crippen LogP contribution >= 0.6 is 0 Å². The van der Waals surface area contributed by atoms with Crippen LogP contribution in [0.2, 0.25) is 0 Å². The number of carbonyl (C=O) groups excluding carboxylic acids is 1. The fourth-order valence-electron chi connectivity index (χ4n) is 3.01. The Balaban J connectivity index is 1.77. The fourth-order valence-corrected chi connectivity index (χ4v) is 3.01. The van der Waals surface area contributed by atoms with E-state index in [-0.39, 0.29) is 11.9 Å². The van der Waals surface area contributed by atoms with Gasteiger partial charge in [0.25, 0.3) is 0 Å². The molecule has 0 aromatic heterocycles. The first-order valence-electron chi connectivity index (χ1n) is 7.18. The highest BCUT2D eigenvalue weighted by Crippen LogP contribution is 2.34. The summed E-state index contributed by atoms with van der Waals surface area (Å²) in [5, 5.41) is 6.58. The van der Waals surface area contributed by atoms with Crippen LogP contribution in [-0.2, 0) is 4.79 Å². The first kappa shape index (κ1) is 12.9.